The second-order valence-corrected chi connectivity index (χ2v) is 5.27. The number of hydrogen-bond acceptors (Lipinski definition) is 5. The van der Waals surface area contributed by atoms with E-state index >= 15 is 0 Å². The second-order valence-electron chi connectivity index (χ2n) is 4.89. The molecular weight excluding hydrogens is 294 g/mol. The Labute approximate surface area is 127 Å². The summed E-state index contributed by atoms with van der Waals surface area (Å²) >= 11 is 6.12. The number of nitrogens with zero attached hydrogens (tertiary/aromatic N) is 5. The normalized spacial score (nSPS) is 10.9. The van der Waals surface area contributed by atoms with Gasteiger partial charge < -0.3 is 9.42 Å². The fourth-order valence-electron chi connectivity index (χ4n) is 2.00. The van der Waals surface area contributed by atoms with Crippen LogP contribution in [0.3, 0.4) is 0 Å². The van der Waals surface area contributed by atoms with Crippen molar-refractivity contribution < 1.29 is 9.32 Å². The van der Waals surface area contributed by atoms with Crippen LogP contribution in [-0.2, 0) is 20.0 Å². The van der Waals surface area contributed by atoms with E-state index in [1.807, 2.05) is 6.92 Å². The molecule has 2 aromatic rings. The van der Waals surface area contributed by atoms with Gasteiger partial charge in [-0.15, -0.1) is 0 Å². The zero-order chi connectivity index (χ0) is 15.6. The predicted molar refractivity (Wildman–Crippen MR) is 77.0 cm³/mol. The molecule has 0 unspecified atom stereocenters. The molecule has 0 atom stereocenters. The Morgan fingerprint density at radius 3 is 2.76 bits per heavy atom. The van der Waals surface area contributed by atoms with E-state index in [2.05, 4.69) is 15.2 Å². The highest BCUT2D eigenvalue weighted by atomic mass is 35.5. The molecule has 0 aliphatic rings. The van der Waals surface area contributed by atoms with Crippen LogP contribution in [0.2, 0.25) is 5.02 Å². The van der Waals surface area contributed by atoms with Gasteiger partial charge in [0.05, 0.1) is 10.7 Å². The smallest absolute Gasteiger partial charge is 0.273 e. The van der Waals surface area contributed by atoms with Crippen LogP contribution in [-0.4, -0.2) is 37.8 Å². The number of aryl methyl sites for hydroxylation is 3. The molecule has 0 spiro atoms. The quantitative estimate of drug-likeness (QED) is 0.844. The van der Waals surface area contributed by atoms with E-state index in [4.69, 9.17) is 16.1 Å². The number of amides is 1. The Morgan fingerprint density at radius 2 is 2.19 bits per heavy atom. The number of carbonyl (C=O) groups excluding carboxylic acids is 1. The van der Waals surface area contributed by atoms with Crippen LogP contribution in [0.4, 0.5) is 0 Å². The number of aromatic nitrogens is 4. The maximum Gasteiger partial charge on any atom is 0.273 e. The van der Waals surface area contributed by atoms with Crippen LogP contribution >= 0.6 is 11.6 Å². The van der Waals surface area contributed by atoms with Gasteiger partial charge in [-0.2, -0.15) is 10.1 Å². The zero-order valence-corrected chi connectivity index (χ0v) is 13.3. The summed E-state index contributed by atoms with van der Waals surface area (Å²) in [5, 5.41) is 8.37. The van der Waals surface area contributed by atoms with Crippen LogP contribution in [0, 0.1) is 6.92 Å². The molecule has 7 nitrogen and oxygen atoms in total. The lowest BCUT2D eigenvalue weighted by molar-refractivity contribution is 0.0759. The Hall–Kier alpha value is -1.89. The van der Waals surface area contributed by atoms with Crippen LogP contribution in [0.25, 0.3) is 0 Å². The first-order chi connectivity index (χ1) is 9.93. The van der Waals surface area contributed by atoms with Gasteiger partial charge in [-0.3, -0.25) is 9.48 Å². The Morgan fingerprint density at radius 1 is 1.48 bits per heavy atom. The molecule has 0 aliphatic carbocycles. The Bertz CT molecular complexity index is 649. The summed E-state index contributed by atoms with van der Waals surface area (Å²) in [5.41, 5.74) is 0.976. The summed E-state index contributed by atoms with van der Waals surface area (Å²) in [4.78, 5) is 18.1. The van der Waals surface area contributed by atoms with Crippen molar-refractivity contribution in [3.05, 3.63) is 28.1 Å². The molecule has 0 N–H and O–H groups in total. The van der Waals surface area contributed by atoms with Gasteiger partial charge in [0.2, 0.25) is 5.89 Å². The van der Waals surface area contributed by atoms with Crippen molar-refractivity contribution in [3.8, 4) is 0 Å². The third kappa shape index (κ3) is 3.24. The van der Waals surface area contributed by atoms with Crippen LogP contribution < -0.4 is 0 Å². The average molecular weight is 312 g/mol. The van der Waals surface area contributed by atoms with Gasteiger partial charge in [-0.05, 0) is 13.3 Å². The summed E-state index contributed by atoms with van der Waals surface area (Å²) in [5.74, 6) is 0.824. The van der Waals surface area contributed by atoms with Crippen molar-refractivity contribution in [1.82, 2.24) is 24.8 Å². The topological polar surface area (TPSA) is 77.0 Å². The molecule has 0 saturated heterocycles. The third-order valence-electron chi connectivity index (χ3n) is 3.05. The SMILES string of the molecule is CCCc1noc(CN(C)C(=O)c2c(Cl)c(C)nn2C)n1. The van der Waals surface area contributed by atoms with Gasteiger partial charge in [0.15, 0.2) is 5.82 Å². The molecule has 2 rings (SSSR count). The van der Waals surface area contributed by atoms with Gasteiger partial charge in [0.1, 0.15) is 12.2 Å². The summed E-state index contributed by atoms with van der Waals surface area (Å²) in [6, 6.07) is 0. The fourth-order valence-corrected chi connectivity index (χ4v) is 2.24. The minimum Gasteiger partial charge on any atom is -0.337 e. The van der Waals surface area contributed by atoms with Crippen molar-refractivity contribution in [2.24, 2.45) is 7.05 Å². The van der Waals surface area contributed by atoms with Gasteiger partial charge in [-0.25, -0.2) is 0 Å². The van der Waals surface area contributed by atoms with E-state index in [0.717, 1.165) is 12.8 Å². The average Bonchev–Trinajstić information content (AvgIpc) is 2.95. The van der Waals surface area contributed by atoms with Crippen LogP contribution in [0.1, 0.15) is 41.2 Å². The van der Waals surface area contributed by atoms with E-state index in [-0.39, 0.29) is 12.5 Å². The maximum atomic E-state index is 12.4. The lowest BCUT2D eigenvalue weighted by Crippen LogP contribution is -2.28. The lowest BCUT2D eigenvalue weighted by Gasteiger charge is -2.14. The first-order valence-electron chi connectivity index (χ1n) is 6.70. The van der Waals surface area contributed by atoms with Gasteiger partial charge in [-0.1, -0.05) is 23.7 Å². The van der Waals surface area contributed by atoms with E-state index in [1.54, 1.807) is 21.0 Å². The highest BCUT2D eigenvalue weighted by molar-refractivity contribution is 6.34. The van der Waals surface area contributed by atoms with E-state index in [1.165, 1.54) is 9.58 Å². The summed E-state index contributed by atoms with van der Waals surface area (Å²) in [6.07, 6.45) is 1.70. The van der Waals surface area contributed by atoms with Gasteiger partial charge in [0.25, 0.3) is 5.91 Å². The van der Waals surface area contributed by atoms with Crippen molar-refractivity contribution in [3.63, 3.8) is 0 Å². The highest BCUT2D eigenvalue weighted by Gasteiger charge is 2.23. The first kappa shape index (κ1) is 15.5. The summed E-state index contributed by atoms with van der Waals surface area (Å²) in [7, 11) is 3.34. The predicted octanol–water partition coefficient (Wildman–Crippen LogP) is 1.99. The summed E-state index contributed by atoms with van der Waals surface area (Å²) in [6.45, 7) is 4.03. The molecule has 114 valence electrons. The van der Waals surface area contributed by atoms with E-state index in [0.29, 0.717) is 28.1 Å². The third-order valence-corrected chi connectivity index (χ3v) is 3.51. The molecule has 21 heavy (non-hydrogen) atoms. The molecule has 0 saturated carbocycles. The fraction of sp³-hybridized carbons (Fsp3) is 0.538. The first-order valence-corrected chi connectivity index (χ1v) is 7.07. The molecule has 8 heteroatoms. The number of rotatable bonds is 5. The van der Waals surface area contributed by atoms with E-state index < -0.39 is 0 Å². The molecule has 2 heterocycles. The second kappa shape index (κ2) is 6.26. The molecule has 0 fully saturated rings. The molecule has 0 aromatic carbocycles. The number of hydrogen-bond donors (Lipinski definition) is 0. The van der Waals surface area contributed by atoms with Crippen molar-refractivity contribution in [2.45, 2.75) is 33.2 Å². The minimum atomic E-state index is -0.238. The van der Waals surface area contributed by atoms with Crippen molar-refractivity contribution in [1.29, 1.82) is 0 Å². The molecule has 0 aliphatic heterocycles. The van der Waals surface area contributed by atoms with Crippen molar-refractivity contribution >= 4 is 17.5 Å². The monoisotopic (exact) mass is 311 g/mol. The highest BCUT2D eigenvalue weighted by Crippen LogP contribution is 2.21. The van der Waals surface area contributed by atoms with Crippen molar-refractivity contribution in [2.75, 3.05) is 7.05 Å². The Balaban J connectivity index is 2.11. The van der Waals surface area contributed by atoms with Crippen LogP contribution in [0.5, 0.6) is 0 Å². The molecular formula is C13H18ClN5O2. The van der Waals surface area contributed by atoms with E-state index in [9.17, 15) is 4.79 Å². The van der Waals surface area contributed by atoms with Gasteiger partial charge >= 0.3 is 0 Å². The zero-order valence-electron chi connectivity index (χ0n) is 12.6. The number of halogens is 1. The maximum absolute atomic E-state index is 12.4. The van der Waals surface area contributed by atoms with Gasteiger partial charge in [0, 0.05) is 20.5 Å². The Kier molecular flexibility index (Phi) is 4.62. The number of carbonyl (C=O) groups is 1. The molecule has 2 aromatic heterocycles. The molecule has 0 bridgehead atoms. The van der Waals surface area contributed by atoms with Crippen LogP contribution in [0.15, 0.2) is 4.52 Å². The molecule has 1 amide bonds. The standard InChI is InChI=1S/C13H18ClN5O2/c1-5-6-9-15-10(21-17-9)7-18(3)13(20)12-11(14)8(2)16-19(12)4/h5-7H2,1-4H3. The largest absolute Gasteiger partial charge is 0.337 e. The summed E-state index contributed by atoms with van der Waals surface area (Å²) < 4.78 is 6.61. The lowest BCUT2D eigenvalue weighted by atomic mass is 10.3. The minimum absolute atomic E-state index is 0.232. The molecule has 0 radical (unpaired) electrons.